The summed E-state index contributed by atoms with van der Waals surface area (Å²) < 4.78 is 13.3. The lowest BCUT2D eigenvalue weighted by atomic mass is 10.2. The van der Waals surface area contributed by atoms with Gasteiger partial charge in [0.1, 0.15) is 5.82 Å². The molecule has 0 heterocycles. The SMILES string of the molecule is Cc1cc(F)c(Br)cc1SN. The topological polar surface area (TPSA) is 26.0 Å². The number of hydrogen-bond acceptors (Lipinski definition) is 2. The molecule has 1 aromatic rings. The Morgan fingerprint density at radius 1 is 1.55 bits per heavy atom. The Morgan fingerprint density at radius 2 is 2.18 bits per heavy atom. The molecule has 0 aromatic heterocycles. The molecular weight excluding hydrogens is 229 g/mol. The number of hydrogen-bond donors (Lipinski definition) is 1. The zero-order chi connectivity index (χ0) is 8.43. The van der Waals surface area contributed by atoms with Crippen LogP contribution in [-0.2, 0) is 0 Å². The van der Waals surface area contributed by atoms with Crippen molar-refractivity contribution in [2.24, 2.45) is 5.14 Å². The predicted octanol–water partition coefficient (Wildman–Crippen LogP) is 2.86. The molecule has 0 aliphatic heterocycles. The molecule has 1 nitrogen and oxygen atoms in total. The molecule has 0 radical (unpaired) electrons. The van der Waals surface area contributed by atoms with Crippen LogP contribution < -0.4 is 5.14 Å². The minimum absolute atomic E-state index is 0.250. The summed E-state index contributed by atoms with van der Waals surface area (Å²) in [7, 11) is 0. The minimum Gasteiger partial charge on any atom is -0.274 e. The highest BCUT2D eigenvalue weighted by Gasteiger charge is 2.03. The highest BCUT2D eigenvalue weighted by molar-refractivity contribution is 9.10. The van der Waals surface area contributed by atoms with Gasteiger partial charge in [-0.15, -0.1) is 0 Å². The van der Waals surface area contributed by atoms with Gasteiger partial charge < -0.3 is 0 Å². The van der Waals surface area contributed by atoms with E-state index < -0.39 is 0 Å². The molecule has 4 heteroatoms. The number of rotatable bonds is 1. The molecule has 0 aliphatic carbocycles. The Hall–Kier alpha value is -0.0600. The van der Waals surface area contributed by atoms with Crippen LogP contribution in [0.25, 0.3) is 0 Å². The van der Waals surface area contributed by atoms with Crippen LogP contribution in [0.3, 0.4) is 0 Å². The standard InChI is InChI=1S/C7H7BrFNS/c1-4-2-6(9)5(8)3-7(4)11-10/h2-3H,10H2,1H3. The lowest BCUT2D eigenvalue weighted by molar-refractivity contribution is 0.618. The van der Waals surface area contributed by atoms with E-state index in [0.717, 1.165) is 22.4 Å². The normalized spacial score (nSPS) is 10.2. The van der Waals surface area contributed by atoms with Crippen LogP contribution in [0.5, 0.6) is 0 Å². The molecule has 1 aromatic carbocycles. The third-order valence-corrected chi connectivity index (χ3v) is 2.65. The summed E-state index contributed by atoms with van der Waals surface area (Å²) in [4.78, 5) is 0.887. The predicted molar refractivity (Wildman–Crippen MR) is 48.9 cm³/mol. The number of benzene rings is 1. The molecular formula is C7H7BrFNS. The molecule has 0 unspecified atom stereocenters. The summed E-state index contributed by atoms with van der Waals surface area (Å²) in [5.41, 5.74) is 0.859. The molecule has 2 N–H and O–H groups in total. The zero-order valence-corrected chi connectivity index (χ0v) is 8.30. The Kier molecular flexibility index (Phi) is 2.92. The molecule has 0 amide bonds. The van der Waals surface area contributed by atoms with Crippen molar-refractivity contribution >= 4 is 27.9 Å². The second kappa shape index (κ2) is 3.56. The van der Waals surface area contributed by atoms with Crippen molar-refractivity contribution in [2.75, 3.05) is 0 Å². The maximum atomic E-state index is 12.8. The Bertz CT molecular complexity index is 277. The van der Waals surface area contributed by atoms with E-state index in [2.05, 4.69) is 15.9 Å². The smallest absolute Gasteiger partial charge is 0.137 e. The second-order valence-electron chi connectivity index (χ2n) is 2.15. The minimum atomic E-state index is -0.250. The fourth-order valence-electron chi connectivity index (χ4n) is 0.755. The Morgan fingerprint density at radius 3 is 2.73 bits per heavy atom. The van der Waals surface area contributed by atoms with Gasteiger partial charge >= 0.3 is 0 Å². The monoisotopic (exact) mass is 235 g/mol. The van der Waals surface area contributed by atoms with Gasteiger partial charge in [0.25, 0.3) is 0 Å². The summed E-state index contributed by atoms with van der Waals surface area (Å²) in [5.74, 6) is -0.250. The van der Waals surface area contributed by atoms with E-state index in [1.807, 2.05) is 6.92 Å². The van der Waals surface area contributed by atoms with E-state index in [1.165, 1.54) is 6.07 Å². The van der Waals surface area contributed by atoms with Crippen LogP contribution in [0, 0.1) is 12.7 Å². The first kappa shape index (κ1) is 9.03. The summed E-state index contributed by atoms with van der Waals surface area (Å²) in [6.07, 6.45) is 0. The molecule has 60 valence electrons. The fourth-order valence-corrected chi connectivity index (χ4v) is 1.68. The Labute approximate surface area is 77.4 Å². The summed E-state index contributed by atoms with van der Waals surface area (Å²) >= 11 is 4.20. The van der Waals surface area contributed by atoms with Crippen molar-refractivity contribution in [1.82, 2.24) is 0 Å². The molecule has 1 rings (SSSR count). The van der Waals surface area contributed by atoms with Gasteiger partial charge in [0.05, 0.1) is 4.47 Å². The number of halogens is 2. The molecule has 0 spiro atoms. The van der Waals surface area contributed by atoms with Crippen molar-refractivity contribution in [1.29, 1.82) is 0 Å². The molecule has 0 saturated heterocycles. The van der Waals surface area contributed by atoms with Crippen LogP contribution in [0.1, 0.15) is 5.56 Å². The van der Waals surface area contributed by atoms with Gasteiger partial charge in [0.2, 0.25) is 0 Å². The molecule has 0 fully saturated rings. The lowest BCUT2D eigenvalue weighted by Crippen LogP contribution is -1.87. The van der Waals surface area contributed by atoms with E-state index >= 15 is 0 Å². The van der Waals surface area contributed by atoms with Gasteiger partial charge in [-0.05, 0) is 52.5 Å². The molecule has 11 heavy (non-hydrogen) atoms. The van der Waals surface area contributed by atoms with Gasteiger partial charge in [-0.2, -0.15) is 0 Å². The van der Waals surface area contributed by atoms with Gasteiger partial charge in [0, 0.05) is 4.90 Å². The van der Waals surface area contributed by atoms with Crippen molar-refractivity contribution < 1.29 is 4.39 Å². The van der Waals surface area contributed by atoms with E-state index in [1.54, 1.807) is 6.07 Å². The van der Waals surface area contributed by atoms with Gasteiger partial charge in [-0.1, -0.05) is 0 Å². The van der Waals surface area contributed by atoms with Crippen molar-refractivity contribution in [3.63, 3.8) is 0 Å². The van der Waals surface area contributed by atoms with E-state index in [0.29, 0.717) is 4.47 Å². The quantitative estimate of drug-likeness (QED) is 0.758. The second-order valence-corrected chi connectivity index (χ2v) is 3.68. The van der Waals surface area contributed by atoms with Crippen LogP contribution in [0.2, 0.25) is 0 Å². The third-order valence-electron chi connectivity index (χ3n) is 1.34. The average Bonchev–Trinajstić information content (AvgIpc) is 1.97. The highest BCUT2D eigenvalue weighted by Crippen LogP contribution is 2.24. The van der Waals surface area contributed by atoms with Gasteiger partial charge in [-0.25, -0.2) is 4.39 Å². The first-order valence-corrected chi connectivity index (χ1v) is 4.65. The Balaban J connectivity index is 3.21. The molecule has 0 saturated carbocycles. The molecule has 0 atom stereocenters. The molecule has 0 aliphatic rings. The van der Waals surface area contributed by atoms with E-state index in [9.17, 15) is 4.39 Å². The van der Waals surface area contributed by atoms with Crippen molar-refractivity contribution in [3.8, 4) is 0 Å². The van der Waals surface area contributed by atoms with Crippen molar-refractivity contribution in [2.45, 2.75) is 11.8 Å². The average molecular weight is 236 g/mol. The van der Waals surface area contributed by atoms with E-state index in [-0.39, 0.29) is 5.82 Å². The van der Waals surface area contributed by atoms with Gasteiger partial charge in [-0.3, -0.25) is 5.14 Å². The van der Waals surface area contributed by atoms with Crippen LogP contribution in [0.4, 0.5) is 4.39 Å². The van der Waals surface area contributed by atoms with Gasteiger partial charge in [0.15, 0.2) is 0 Å². The zero-order valence-electron chi connectivity index (χ0n) is 5.90. The van der Waals surface area contributed by atoms with Crippen LogP contribution >= 0.6 is 27.9 Å². The third kappa shape index (κ3) is 1.95. The largest absolute Gasteiger partial charge is 0.274 e. The van der Waals surface area contributed by atoms with Crippen molar-refractivity contribution in [3.05, 3.63) is 28.0 Å². The first-order chi connectivity index (χ1) is 5.15. The maximum absolute atomic E-state index is 12.8. The highest BCUT2D eigenvalue weighted by atomic mass is 79.9. The van der Waals surface area contributed by atoms with Crippen LogP contribution in [0.15, 0.2) is 21.5 Å². The summed E-state index contributed by atoms with van der Waals surface area (Å²) in [6.45, 7) is 1.82. The number of nitrogens with two attached hydrogens (primary N) is 1. The fraction of sp³-hybridized carbons (Fsp3) is 0.143. The number of aryl methyl sites for hydroxylation is 1. The summed E-state index contributed by atoms with van der Waals surface area (Å²) in [5, 5.41) is 5.34. The lowest BCUT2D eigenvalue weighted by Gasteiger charge is -2.02. The molecule has 0 bridgehead atoms. The van der Waals surface area contributed by atoms with Crippen LogP contribution in [-0.4, -0.2) is 0 Å². The first-order valence-electron chi connectivity index (χ1n) is 2.97. The summed E-state index contributed by atoms with van der Waals surface area (Å²) in [6, 6.07) is 3.13. The maximum Gasteiger partial charge on any atom is 0.137 e. The van der Waals surface area contributed by atoms with E-state index in [4.69, 9.17) is 5.14 Å².